The van der Waals surface area contributed by atoms with Gasteiger partial charge in [-0.05, 0) is 55.9 Å². The molecule has 2 aliphatic rings. The molecule has 25 heavy (non-hydrogen) atoms. The number of carbonyl (C=O) groups excluding carboxylic acids is 2. The van der Waals surface area contributed by atoms with Crippen LogP contribution in [0.4, 0.5) is 5.69 Å². The van der Waals surface area contributed by atoms with Gasteiger partial charge in [-0.2, -0.15) is 0 Å². The molecule has 0 spiro atoms. The fraction of sp³-hybridized carbons (Fsp3) is 0.400. The molecule has 0 radical (unpaired) electrons. The van der Waals surface area contributed by atoms with E-state index in [4.69, 9.17) is 0 Å². The summed E-state index contributed by atoms with van der Waals surface area (Å²) in [6.07, 6.45) is 4.69. The van der Waals surface area contributed by atoms with Gasteiger partial charge in [-0.25, -0.2) is 0 Å². The molecule has 1 saturated heterocycles. The first-order valence-electron chi connectivity index (χ1n) is 8.97. The van der Waals surface area contributed by atoms with Crippen LogP contribution in [0.25, 0.3) is 0 Å². The molecule has 1 aromatic heterocycles. The van der Waals surface area contributed by atoms with Gasteiger partial charge in [-0.3, -0.25) is 9.59 Å². The Morgan fingerprint density at radius 3 is 2.64 bits per heavy atom. The first-order chi connectivity index (χ1) is 12.2. The fourth-order valence-electron chi connectivity index (χ4n) is 3.69. The lowest BCUT2D eigenvalue weighted by Crippen LogP contribution is -2.27. The number of amides is 2. The lowest BCUT2D eigenvalue weighted by molar-refractivity contribution is -0.120. The molecule has 1 aliphatic heterocycles. The molecule has 4 nitrogen and oxygen atoms in total. The van der Waals surface area contributed by atoms with Crippen molar-refractivity contribution in [2.75, 3.05) is 18.4 Å². The number of thiophene rings is 1. The Morgan fingerprint density at radius 1 is 1.12 bits per heavy atom. The summed E-state index contributed by atoms with van der Waals surface area (Å²) >= 11 is 1.63. The number of aryl methyl sites for hydroxylation is 1. The summed E-state index contributed by atoms with van der Waals surface area (Å²) < 4.78 is 0. The van der Waals surface area contributed by atoms with E-state index in [0.717, 1.165) is 55.8 Å². The number of rotatable bonds is 3. The third-order valence-electron chi connectivity index (χ3n) is 5.10. The number of benzene rings is 1. The maximum absolute atomic E-state index is 12.6. The Kier molecular flexibility index (Phi) is 4.57. The number of carbonyl (C=O) groups is 2. The van der Waals surface area contributed by atoms with Gasteiger partial charge in [0.05, 0.1) is 4.88 Å². The number of hydrogen-bond acceptors (Lipinski definition) is 3. The average molecular weight is 354 g/mol. The van der Waals surface area contributed by atoms with Gasteiger partial charge in [-0.15, -0.1) is 11.3 Å². The van der Waals surface area contributed by atoms with Crippen LogP contribution in [0, 0.1) is 5.92 Å². The van der Waals surface area contributed by atoms with Crippen molar-refractivity contribution in [3.8, 4) is 0 Å². The Morgan fingerprint density at radius 2 is 1.88 bits per heavy atom. The predicted octanol–water partition coefficient (Wildman–Crippen LogP) is 3.73. The summed E-state index contributed by atoms with van der Waals surface area (Å²) in [4.78, 5) is 29.2. The van der Waals surface area contributed by atoms with Gasteiger partial charge in [0.2, 0.25) is 5.91 Å². The van der Waals surface area contributed by atoms with Gasteiger partial charge in [0.1, 0.15) is 0 Å². The highest BCUT2D eigenvalue weighted by atomic mass is 32.1. The second-order valence-corrected chi connectivity index (χ2v) is 7.99. The highest BCUT2D eigenvalue weighted by molar-refractivity contribution is 7.14. The summed E-state index contributed by atoms with van der Waals surface area (Å²) in [6.45, 7) is 1.76. The molecule has 1 aliphatic carbocycles. The van der Waals surface area contributed by atoms with E-state index in [1.165, 1.54) is 10.4 Å². The van der Waals surface area contributed by atoms with Crippen LogP contribution in [0.5, 0.6) is 0 Å². The molecule has 1 atom stereocenters. The number of hydrogen-bond donors (Lipinski definition) is 1. The van der Waals surface area contributed by atoms with Crippen molar-refractivity contribution in [2.24, 2.45) is 5.92 Å². The van der Waals surface area contributed by atoms with E-state index in [0.29, 0.717) is 0 Å². The number of likely N-dealkylation sites (tertiary alicyclic amines) is 1. The molecule has 2 amide bonds. The van der Waals surface area contributed by atoms with Crippen LogP contribution in [0.15, 0.2) is 36.4 Å². The van der Waals surface area contributed by atoms with Gasteiger partial charge in [0.25, 0.3) is 5.91 Å². The second-order valence-electron chi connectivity index (χ2n) is 6.85. The minimum atomic E-state index is -0.0166. The summed E-state index contributed by atoms with van der Waals surface area (Å²) in [5.41, 5.74) is 2.03. The average Bonchev–Trinajstić information content (AvgIpc) is 3.31. The van der Waals surface area contributed by atoms with Crippen molar-refractivity contribution in [3.63, 3.8) is 0 Å². The number of para-hydroxylation sites is 1. The van der Waals surface area contributed by atoms with E-state index < -0.39 is 0 Å². The first kappa shape index (κ1) is 16.3. The van der Waals surface area contributed by atoms with Crippen LogP contribution in [-0.2, 0) is 17.6 Å². The Bertz CT molecular complexity index is 778. The van der Waals surface area contributed by atoms with Gasteiger partial charge in [0, 0.05) is 29.6 Å². The molecule has 1 N–H and O–H groups in total. The number of nitrogens with one attached hydrogen (secondary N) is 1. The highest BCUT2D eigenvalue weighted by Crippen LogP contribution is 2.34. The van der Waals surface area contributed by atoms with Crippen LogP contribution in [-0.4, -0.2) is 29.8 Å². The smallest absolute Gasteiger partial charge is 0.263 e. The zero-order valence-corrected chi connectivity index (χ0v) is 15.0. The topological polar surface area (TPSA) is 49.4 Å². The molecule has 2 aromatic rings. The molecule has 130 valence electrons. The molecule has 5 heteroatoms. The van der Waals surface area contributed by atoms with Crippen molar-refractivity contribution in [1.29, 1.82) is 0 Å². The third kappa shape index (κ3) is 3.47. The van der Waals surface area contributed by atoms with Crippen LogP contribution in [0.1, 0.15) is 39.4 Å². The highest BCUT2D eigenvalue weighted by Gasteiger charge is 2.29. The van der Waals surface area contributed by atoms with E-state index in [1.807, 2.05) is 41.3 Å². The van der Waals surface area contributed by atoms with E-state index in [9.17, 15) is 9.59 Å². The Balaban J connectivity index is 1.44. The molecular weight excluding hydrogens is 332 g/mol. The van der Waals surface area contributed by atoms with Crippen molar-refractivity contribution in [1.82, 2.24) is 4.90 Å². The SMILES string of the molecule is O=C(Nc1ccccc1)C1CCc2sc(C(=O)N3CCCC3)cc2C1. The molecule has 4 rings (SSSR count). The first-order valence-corrected chi connectivity index (χ1v) is 9.79. The van der Waals surface area contributed by atoms with Crippen molar-refractivity contribution >= 4 is 28.8 Å². The molecule has 1 aromatic carbocycles. The van der Waals surface area contributed by atoms with Gasteiger partial charge < -0.3 is 10.2 Å². The summed E-state index contributed by atoms with van der Waals surface area (Å²) in [5.74, 6) is 0.231. The summed E-state index contributed by atoms with van der Waals surface area (Å²) in [7, 11) is 0. The van der Waals surface area contributed by atoms with Crippen LogP contribution in [0.2, 0.25) is 0 Å². The molecule has 2 heterocycles. The fourth-order valence-corrected chi connectivity index (χ4v) is 4.87. The van der Waals surface area contributed by atoms with Gasteiger partial charge in [0.15, 0.2) is 0 Å². The summed E-state index contributed by atoms with van der Waals surface area (Å²) in [5, 5.41) is 3.01. The minimum Gasteiger partial charge on any atom is -0.338 e. The number of fused-ring (bicyclic) bond motifs is 1. The maximum atomic E-state index is 12.6. The van der Waals surface area contributed by atoms with Crippen molar-refractivity contribution in [3.05, 3.63) is 51.7 Å². The number of anilines is 1. The molecule has 1 fully saturated rings. The molecule has 0 bridgehead atoms. The molecular formula is C20H22N2O2S. The molecule has 0 saturated carbocycles. The predicted molar refractivity (Wildman–Crippen MR) is 100 cm³/mol. The molecule has 1 unspecified atom stereocenters. The normalized spacial score (nSPS) is 19.5. The van der Waals surface area contributed by atoms with E-state index >= 15 is 0 Å². The number of nitrogens with zero attached hydrogens (tertiary/aromatic N) is 1. The zero-order chi connectivity index (χ0) is 17.2. The van der Waals surface area contributed by atoms with Crippen molar-refractivity contribution < 1.29 is 9.59 Å². The second kappa shape index (κ2) is 7.00. The zero-order valence-electron chi connectivity index (χ0n) is 14.2. The van der Waals surface area contributed by atoms with E-state index in [1.54, 1.807) is 11.3 Å². The lowest BCUT2D eigenvalue weighted by Gasteiger charge is -2.21. The Labute approximate surface area is 151 Å². The summed E-state index contributed by atoms with van der Waals surface area (Å²) in [6, 6.07) is 11.6. The monoisotopic (exact) mass is 354 g/mol. The lowest BCUT2D eigenvalue weighted by atomic mass is 9.87. The largest absolute Gasteiger partial charge is 0.338 e. The quantitative estimate of drug-likeness (QED) is 0.913. The van der Waals surface area contributed by atoms with Gasteiger partial charge in [-0.1, -0.05) is 18.2 Å². The van der Waals surface area contributed by atoms with Gasteiger partial charge >= 0.3 is 0 Å². The Hall–Kier alpha value is -2.14. The van der Waals surface area contributed by atoms with Crippen LogP contribution < -0.4 is 5.32 Å². The third-order valence-corrected chi connectivity index (χ3v) is 6.32. The van der Waals surface area contributed by atoms with E-state index in [2.05, 4.69) is 5.32 Å². The maximum Gasteiger partial charge on any atom is 0.263 e. The van der Waals surface area contributed by atoms with Crippen LogP contribution in [0.3, 0.4) is 0 Å². The van der Waals surface area contributed by atoms with Crippen molar-refractivity contribution in [2.45, 2.75) is 32.1 Å². The minimum absolute atomic E-state index is 0.0166. The standard InChI is InChI=1S/C20H22N2O2S/c23-19(21-16-6-2-1-3-7-16)14-8-9-17-15(12-14)13-18(25-17)20(24)22-10-4-5-11-22/h1-3,6-7,13-14H,4-5,8-12H2,(H,21,23). The van der Waals surface area contributed by atoms with Crippen LogP contribution >= 0.6 is 11.3 Å². The van der Waals surface area contributed by atoms with E-state index in [-0.39, 0.29) is 17.7 Å².